The topological polar surface area (TPSA) is 48.0 Å². The Morgan fingerprint density at radius 2 is 1.71 bits per heavy atom. The molecule has 0 saturated heterocycles. The average molecular weight is 499 g/mol. The average Bonchev–Trinajstić information content (AvgIpc) is 3.10. The molecule has 0 bridgehead atoms. The van der Waals surface area contributed by atoms with Crippen LogP contribution in [0.2, 0.25) is 10.0 Å². The number of carbonyl (C=O) groups is 1. The molecular formula is C26H15Cl2F3N2O. The van der Waals surface area contributed by atoms with E-state index in [0.29, 0.717) is 43.5 Å². The van der Waals surface area contributed by atoms with Gasteiger partial charge in [0.15, 0.2) is 11.6 Å². The van der Waals surface area contributed by atoms with Crippen LogP contribution in [0.3, 0.4) is 0 Å². The van der Waals surface area contributed by atoms with Crippen LogP contribution in [-0.2, 0) is 6.54 Å². The first-order valence-corrected chi connectivity index (χ1v) is 10.9. The Hall–Kier alpha value is -3.48. The first-order valence-electron chi connectivity index (χ1n) is 10.2. The molecule has 8 heteroatoms. The monoisotopic (exact) mass is 498 g/mol. The number of carbonyl (C=O) groups excluding carboxylic acids is 1. The molecule has 34 heavy (non-hydrogen) atoms. The minimum absolute atomic E-state index is 0.171. The summed E-state index contributed by atoms with van der Waals surface area (Å²) in [6.45, 7) is -0.180. The summed E-state index contributed by atoms with van der Waals surface area (Å²) < 4.78 is 44.1. The molecule has 0 aliphatic carbocycles. The van der Waals surface area contributed by atoms with Crippen LogP contribution in [0.5, 0.6) is 0 Å². The first-order chi connectivity index (χ1) is 16.2. The highest BCUT2D eigenvalue weighted by atomic mass is 35.5. The minimum atomic E-state index is -1.28. The minimum Gasteiger partial charge on any atom is -0.366 e. The summed E-state index contributed by atoms with van der Waals surface area (Å²) in [6, 6.07) is 17.0. The fourth-order valence-electron chi connectivity index (χ4n) is 4.31. The Bertz CT molecular complexity index is 1630. The van der Waals surface area contributed by atoms with Crippen LogP contribution in [0.25, 0.3) is 32.9 Å². The Balaban J connectivity index is 1.83. The molecule has 1 aromatic heterocycles. The largest absolute Gasteiger partial charge is 0.366 e. The highest BCUT2D eigenvalue weighted by Gasteiger charge is 2.20. The number of halogens is 5. The highest BCUT2D eigenvalue weighted by molar-refractivity contribution is 6.36. The third kappa shape index (κ3) is 3.69. The summed E-state index contributed by atoms with van der Waals surface area (Å²) in [4.78, 5) is 12.2. The fourth-order valence-corrected chi connectivity index (χ4v) is 4.82. The van der Waals surface area contributed by atoms with Crippen LogP contribution in [0.4, 0.5) is 13.2 Å². The van der Waals surface area contributed by atoms with Crippen molar-refractivity contribution in [3.63, 3.8) is 0 Å². The van der Waals surface area contributed by atoms with Crippen molar-refractivity contribution in [1.82, 2.24) is 4.57 Å². The molecule has 0 radical (unpaired) electrons. The molecule has 1 heterocycles. The van der Waals surface area contributed by atoms with E-state index in [2.05, 4.69) is 0 Å². The number of benzene rings is 4. The number of rotatable bonds is 4. The summed E-state index contributed by atoms with van der Waals surface area (Å²) in [6.07, 6.45) is 0. The number of hydrogen-bond donors (Lipinski definition) is 1. The van der Waals surface area contributed by atoms with Crippen molar-refractivity contribution in [2.75, 3.05) is 0 Å². The number of hydrogen-bond acceptors (Lipinski definition) is 1. The van der Waals surface area contributed by atoms with Crippen molar-refractivity contribution in [3.8, 4) is 11.1 Å². The van der Waals surface area contributed by atoms with Gasteiger partial charge in [0.05, 0.1) is 17.6 Å². The SMILES string of the molecule is NC(=O)c1cccc2c1c1ccc(-c3ccc(Cl)cc3Cl)cc1n2Cc1cc(F)cc(F)c1F. The Labute approximate surface area is 202 Å². The van der Waals surface area contributed by atoms with Crippen molar-refractivity contribution in [3.05, 3.63) is 105 Å². The Kier molecular flexibility index (Phi) is 5.50. The molecule has 0 atom stereocenters. The third-order valence-corrected chi connectivity index (χ3v) is 6.34. The molecule has 170 valence electrons. The number of nitrogens with zero attached hydrogens (tertiary/aromatic N) is 1. The summed E-state index contributed by atoms with van der Waals surface area (Å²) >= 11 is 12.4. The van der Waals surface area contributed by atoms with E-state index in [1.165, 1.54) is 0 Å². The van der Waals surface area contributed by atoms with Crippen molar-refractivity contribution in [1.29, 1.82) is 0 Å². The molecule has 3 nitrogen and oxygen atoms in total. The van der Waals surface area contributed by atoms with Crippen LogP contribution in [0, 0.1) is 17.5 Å². The van der Waals surface area contributed by atoms with Gasteiger partial charge in [0, 0.05) is 43.6 Å². The zero-order valence-corrected chi connectivity index (χ0v) is 18.9. The van der Waals surface area contributed by atoms with E-state index in [0.717, 1.165) is 11.6 Å². The van der Waals surface area contributed by atoms with Gasteiger partial charge in [-0.15, -0.1) is 0 Å². The molecule has 0 aliphatic heterocycles. The molecule has 5 rings (SSSR count). The zero-order chi connectivity index (χ0) is 24.1. The summed E-state index contributed by atoms with van der Waals surface area (Å²) in [5, 5.41) is 2.16. The molecular weight excluding hydrogens is 484 g/mol. The molecule has 0 unspecified atom stereocenters. The van der Waals surface area contributed by atoms with Gasteiger partial charge in [-0.2, -0.15) is 0 Å². The molecule has 0 fully saturated rings. The van der Waals surface area contributed by atoms with Crippen LogP contribution in [0.1, 0.15) is 15.9 Å². The van der Waals surface area contributed by atoms with Crippen LogP contribution in [-0.4, -0.2) is 10.5 Å². The van der Waals surface area contributed by atoms with E-state index in [1.807, 2.05) is 18.2 Å². The third-order valence-electron chi connectivity index (χ3n) is 5.80. The van der Waals surface area contributed by atoms with Gasteiger partial charge in [0.1, 0.15) is 5.82 Å². The summed E-state index contributed by atoms with van der Waals surface area (Å²) in [5.74, 6) is -3.93. The Morgan fingerprint density at radius 3 is 2.44 bits per heavy atom. The van der Waals surface area contributed by atoms with Crippen molar-refractivity contribution >= 4 is 50.9 Å². The lowest BCUT2D eigenvalue weighted by molar-refractivity contribution is 0.100. The molecule has 0 aliphatic rings. The molecule has 0 saturated carbocycles. The van der Waals surface area contributed by atoms with Gasteiger partial charge < -0.3 is 10.3 Å². The second-order valence-electron chi connectivity index (χ2n) is 7.87. The lowest BCUT2D eigenvalue weighted by Gasteiger charge is -2.11. The first kappa shape index (κ1) is 22.3. The number of fused-ring (bicyclic) bond motifs is 3. The van der Waals surface area contributed by atoms with Gasteiger partial charge >= 0.3 is 0 Å². The molecule has 0 spiro atoms. The highest BCUT2D eigenvalue weighted by Crippen LogP contribution is 2.37. The van der Waals surface area contributed by atoms with E-state index in [9.17, 15) is 18.0 Å². The molecule has 1 amide bonds. The normalized spacial score (nSPS) is 11.4. The number of amides is 1. The zero-order valence-electron chi connectivity index (χ0n) is 17.4. The second kappa shape index (κ2) is 8.38. The summed E-state index contributed by atoms with van der Waals surface area (Å²) in [7, 11) is 0. The molecule has 5 aromatic rings. The van der Waals surface area contributed by atoms with E-state index >= 15 is 0 Å². The maximum Gasteiger partial charge on any atom is 0.249 e. The molecule has 4 aromatic carbocycles. The fraction of sp³-hybridized carbons (Fsp3) is 0.0385. The van der Waals surface area contributed by atoms with Crippen LogP contribution in [0.15, 0.2) is 66.7 Å². The Morgan fingerprint density at radius 1 is 0.912 bits per heavy atom. The smallest absolute Gasteiger partial charge is 0.249 e. The lowest BCUT2D eigenvalue weighted by Crippen LogP contribution is -2.11. The van der Waals surface area contributed by atoms with E-state index < -0.39 is 23.4 Å². The van der Waals surface area contributed by atoms with Gasteiger partial charge in [0.2, 0.25) is 5.91 Å². The summed E-state index contributed by atoms with van der Waals surface area (Å²) in [5.41, 5.74) is 8.35. The number of aromatic nitrogens is 1. The lowest BCUT2D eigenvalue weighted by atomic mass is 10.0. The second-order valence-corrected chi connectivity index (χ2v) is 8.71. The standard InChI is InChI=1S/C26H15Cl2F3N2O/c27-15-5-7-17(20(28)10-15)13-4-6-18-23(9-13)33(12-14-8-16(29)11-21(30)25(14)31)22-3-1-2-19(24(18)22)26(32)34/h1-11H,12H2,(H2,32,34). The van der Waals surface area contributed by atoms with Crippen molar-refractivity contribution in [2.45, 2.75) is 6.54 Å². The number of nitrogens with two attached hydrogens (primary N) is 1. The van der Waals surface area contributed by atoms with Crippen LogP contribution < -0.4 is 5.73 Å². The molecule has 2 N–H and O–H groups in total. The van der Waals surface area contributed by atoms with Crippen molar-refractivity contribution in [2.24, 2.45) is 5.73 Å². The maximum absolute atomic E-state index is 14.6. The predicted molar refractivity (Wildman–Crippen MR) is 129 cm³/mol. The van der Waals surface area contributed by atoms with Gasteiger partial charge in [-0.1, -0.05) is 47.5 Å². The van der Waals surface area contributed by atoms with Gasteiger partial charge in [-0.05, 0) is 42.0 Å². The quantitative estimate of drug-likeness (QED) is 0.259. The van der Waals surface area contributed by atoms with Gasteiger partial charge in [-0.3, -0.25) is 4.79 Å². The van der Waals surface area contributed by atoms with E-state index in [-0.39, 0.29) is 17.7 Å². The van der Waals surface area contributed by atoms with Crippen molar-refractivity contribution < 1.29 is 18.0 Å². The van der Waals surface area contributed by atoms with E-state index in [4.69, 9.17) is 28.9 Å². The van der Waals surface area contributed by atoms with E-state index in [1.54, 1.807) is 41.0 Å². The van der Waals surface area contributed by atoms with Gasteiger partial charge in [-0.25, -0.2) is 13.2 Å². The predicted octanol–water partition coefficient (Wildman–Crippen LogP) is 7.33. The van der Waals surface area contributed by atoms with Gasteiger partial charge in [0.25, 0.3) is 0 Å². The van der Waals surface area contributed by atoms with Crippen LogP contribution >= 0.6 is 23.2 Å². The maximum atomic E-state index is 14.6. The number of primary amides is 1.